The lowest BCUT2D eigenvalue weighted by Gasteiger charge is -2.27. The van der Waals surface area contributed by atoms with E-state index in [4.69, 9.17) is 18.9 Å². The quantitative estimate of drug-likeness (QED) is 0.559. The molecule has 0 spiro atoms. The Balaban J connectivity index is 1.43. The molecule has 10 heteroatoms. The van der Waals surface area contributed by atoms with Gasteiger partial charge in [-0.3, -0.25) is 4.79 Å². The maximum atomic E-state index is 13.2. The van der Waals surface area contributed by atoms with Gasteiger partial charge in [-0.15, -0.1) is 0 Å². The van der Waals surface area contributed by atoms with Crippen LogP contribution in [0.3, 0.4) is 0 Å². The Kier molecular flexibility index (Phi) is 6.58. The molecule has 3 aromatic carbocycles. The maximum Gasteiger partial charge on any atom is 0.269 e. The fourth-order valence-electron chi connectivity index (χ4n) is 3.77. The standard InChI is InChI=1S/C25H24N2O7S/c28-25(24-17-32-22-8-4-5-9-23(22)34-24)26-20-16-19(35(29,30)27-12-14-31-15-13-27)10-11-21(20)33-18-6-2-1-3-7-18/h1-11,16,24H,12-15,17H2,(H,26,28). The van der Waals surface area contributed by atoms with Crippen molar-refractivity contribution < 1.29 is 32.2 Å². The fraction of sp³-hybridized carbons (Fsp3) is 0.240. The number of hydrogen-bond acceptors (Lipinski definition) is 7. The number of fused-ring (bicyclic) bond motifs is 1. The van der Waals surface area contributed by atoms with Crippen molar-refractivity contribution in [2.24, 2.45) is 0 Å². The van der Waals surface area contributed by atoms with Crippen LogP contribution in [0.1, 0.15) is 0 Å². The highest BCUT2D eigenvalue weighted by Gasteiger charge is 2.30. The molecule has 0 aliphatic carbocycles. The van der Waals surface area contributed by atoms with Crippen LogP contribution in [0.5, 0.6) is 23.0 Å². The number of amides is 1. The second-order valence-corrected chi connectivity index (χ2v) is 9.88. The smallest absolute Gasteiger partial charge is 0.269 e. The maximum absolute atomic E-state index is 13.2. The molecule has 5 rings (SSSR count). The van der Waals surface area contributed by atoms with Gasteiger partial charge in [0, 0.05) is 13.1 Å². The van der Waals surface area contributed by atoms with Crippen molar-refractivity contribution in [3.63, 3.8) is 0 Å². The van der Waals surface area contributed by atoms with Crippen molar-refractivity contribution in [1.82, 2.24) is 4.31 Å². The fourth-order valence-corrected chi connectivity index (χ4v) is 5.20. The van der Waals surface area contributed by atoms with Gasteiger partial charge in [0.1, 0.15) is 12.4 Å². The minimum absolute atomic E-state index is 0.0174. The van der Waals surface area contributed by atoms with Crippen LogP contribution < -0.4 is 19.5 Å². The third-order valence-electron chi connectivity index (χ3n) is 5.59. The predicted octanol–water partition coefficient (Wildman–Crippen LogP) is 3.28. The summed E-state index contributed by atoms with van der Waals surface area (Å²) in [5.41, 5.74) is 0.204. The Hall–Kier alpha value is -3.60. The van der Waals surface area contributed by atoms with Crippen LogP contribution in [0.25, 0.3) is 0 Å². The Bertz CT molecular complexity index is 1310. The number of nitrogens with zero attached hydrogens (tertiary/aromatic N) is 1. The summed E-state index contributed by atoms with van der Waals surface area (Å²) in [7, 11) is -3.78. The summed E-state index contributed by atoms with van der Waals surface area (Å²) in [6.45, 7) is 1.21. The first-order chi connectivity index (χ1) is 17.0. The minimum Gasteiger partial charge on any atom is -0.485 e. The molecule has 0 bridgehead atoms. The minimum atomic E-state index is -3.78. The summed E-state index contributed by atoms with van der Waals surface area (Å²) < 4.78 is 50.5. The SMILES string of the molecule is O=C(Nc1cc(S(=O)(=O)N2CCOCC2)ccc1Oc1ccccc1)C1COc2ccccc2O1. The highest BCUT2D eigenvalue weighted by atomic mass is 32.2. The first-order valence-electron chi connectivity index (χ1n) is 11.1. The number of rotatable bonds is 6. The number of carbonyl (C=O) groups is 1. The molecule has 3 aromatic rings. The molecule has 2 heterocycles. The molecule has 1 saturated heterocycles. The summed E-state index contributed by atoms with van der Waals surface area (Å²) in [6, 6.07) is 20.5. The molecule has 9 nitrogen and oxygen atoms in total. The van der Waals surface area contributed by atoms with Gasteiger partial charge in [-0.25, -0.2) is 8.42 Å². The van der Waals surface area contributed by atoms with Crippen molar-refractivity contribution in [3.8, 4) is 23.0 Å². The number of anilines is 1. The van der Waals surface area contributed by atoms with E-state index in [2.05, 4.69) is 5.32 Å². The molecule has 2 aliphatic rings. The van der Waals surface area contributed by atoms with E-state index >= 15 is 0 Å². The van der Waals surface area contributed by atoms with Crippen molar-refractivity contribution in [3.05, 3.63) is 72.8 Å². The van der Waals surface area contributed by atoms with E-state index in [9.17, 15) is 13.2 Å². The molecule has 1 N–H and O–H groups in total. The molecule has 1 fully saturated rings. The molecule has 1 amide bonds. The van der Waals surface area contributed by atoms with Gasteiger partial charge >= 0.3 is 0 Å². The zero-order valence-electron chi connectivity index (χ0n) is 18.8. The van der Waals surface area contributed by atoms with Gasteiger partial charge in [-0.05, 0) is 42.5 Å². The van der Waals surface area contributed by atoms with E-state index in [1.54, 1.807) is 30.3 Å². The van der Waals surface area contributed by atoms with E-state index in [1.165, 1.54) is 22.5 Å². The summed E-state index contributed by atoms with van der Waals surface area (Å²) in [6.07, 6.45) is -0.922. The molecule has 0 saturated carbocycles. The van der Waals surface area contributed by atoms with Crippen LogP contribution in [-0.4, -0.2) is 57.6 Å². The van der Waals surface area contributed by atoms with E-state index in [0.29, 0.717) is 36.2 Å². The number of hydrogen-bond donors (Lipinski definition) is 1. The number of para-hydroxylation sites is 3. The number of sulfonamides is 1. The molecule has 1 unspecified atom stereocenters. The number of morpholine rings is 1. The Labute approximate surface area is 203 Å². The molecule has 0 aromatic heterocycles. The van der Waals surface area contributed by atoms with Crippen molar-refractivity contribution in [2.45, 2.75) is 11.0 Å². The van der Waals surface area contributed by atoms with Gasteiger partial charge in [-0.1, -0.05) is 30.3 Å². The Morgan fingerprint density at radius 1 is 0.943 bits per heavy atom. The topological polar surface area (TPSA) is 103 Å². The normalized spacial score (nSPS) is 18.0. The molecule has 2 aliphatic heterocycles. The van der Waals surface area contributed by atoms with Crippen LogP contribution in [0.4, 0.5) is 5.69 Å². The van der Waals surface area contributed by atoms with E-state index in [0.717, 1.165) is 0 Å². The Morgan fingerprint density at radius 2 is 1.66 bits per heavy atom. The zero-order valence-corrected chi connectivity index (χ0v) is 19.6. The van der Waals surface area contributed by atoms with Crippen molar-refractivity contribution in [2.75, 3.05) is 38.2 Å². The van der Waals surface area contributed by atoms with Gasteiger partial charge < -0.3 is 24.3 Å². The average Bonchev–Trinajstić information content (AvgIpc) is 2.90. The number of benzene rings is 3. The lowest BCUT2D eigenvalue weighted by atomic mass is 10.2. The largest absolute Gasteiger partial charge is 0.485 e. The van der Waals surface area contributed by atoms with Gasteiger partial charge in [0.15, 0.2) is 17.2 Å². The summed E-state index contributed by atoms with van der Waals surface area (Å²) in [5.74, 6) is 1.37. The van der Waals surface area contributed by atoms with Gasteiger partial charge in [0.2, 0.25) is 16.1 Å². The van der Waals surface area contributed by atoms with Crippen molar-refractivity contribution >= 4 is 21.6 Å². The average molecular weight is 497 g/mol. The van der Waals surface area contributed by atoms with Crippen molar-refractivity contribution in [1.29, 1.82) is 0 Å². The first-order valence-corrected chi connectivity index (χ1v) is 12.6. The predicted molar refractivity (Wildman–Crippen MR) is 128 cm³/mol. The molecule has 1 atom stereocenters. The summed E-state index contributed by atoms with van der Waals surface area (Å²) >= 11 is 0. The van der Waals surface area contributed by atoms with Gasteiger partial charge in [0.05, 0.1) is 23.8 Å². The zero-order chi connectivity index (χ0) is 24.3. The number of nitrogens with one attached hydrogen (secondary N) is 1. The molecule has 0 radical (unpaired) electrons. The number of carbonyl (C=O) groups excluding carboxylic acids is 1. The van der Waals surface area contributed by atoms with Crippen LogP contribution >= 0.6 is 0 Å². The lowest BCUT2D eigenvalue weighted by Crippen LogP contribution is -2.41. The van der Waals surface area contributed by atoms with Gasteiger partial charge in [-0.2, -0.15) is 4.31 Å². The van der Waals surface area contributed by atoms with E-state index in [-0.39, 0.29) is 30.3 Å². The third-order valence-corrected chi connectivity index (χ3v) is 7.48. The summed E-state index contributed by atoms with van der Waals surface area (Å²) in [5, 5.41) is 2.77. The number of ether oxygens (including phenoxy) is 4. The second-order valence-electron chi connectivity index (χ2n) is 7.94. The molecule has 182 valence electrons. The van der Waals surface area contributed by atoms with E-state index < -0.39 is 22.0 Å². The van der Waals surface area contributed by atoms with Crippen LogP contribution in [0, 0.1) is 0 Å². The van der Waals surface area contributed by atoms with Gasteiger partial charge in [0.25, 0.3) is 5.91 Å². The van der Waals surface area contributed by atoms with Crippen LogP contribution in [0.15, 0.2) is 77.7 Å². The second kappa shape index (κ2) is 9.95. The van der Waals surface area contributed by atoms with Crippen LogP contribution in [0.2, 0.25) is 0 Å². The summed E-state index contributed by atoms with van der Waals surface area (Å²) in [4.78, 5) is 13.1. The third kappa shape index (κ3) is 5.09. The molecular formula is C25H24N2O7S. The Morgan fingerprint density at radius 3 is 2.43 bits per heavy atom. The van der Waals surface area contributed by atoms with E-state index in [1.807, 2.05) is 24.3 Å². The molecule has 35 heavy (non-hydrogen) atoms. The monoisotopic (exact) mass is 496 g/mol. The lowest BCUT2D eigenvalue weighted by molar-refractivity contribution is -0.125. The molecular weight excluding hydrogens is 472 g/mol. The highest BCUT2D eigenvalue weighted by molar-refractivity contribution is 7.89. The highest BCUT2D eigenvalue weighted by Crippen LogP contribution is 2.34. The first kappa shape index (κ1) is 23.2. The van der Waals surface area contributed by atoms with Crippen LogP contribution in [-0.2, 0) is 19.6 Å².